The molecule has 1 aromatic heterocycles. The van der Waals surface area contributed by atoms with Crippen molar-refractivity contribution in [3.63, 3.8) is 0 Å². The highest BCUT2D eigenvalue weighted by Crippen LogP contribution is 2.38. The highest BCUT2D eigenvalue weighted by molar-refractivity contribution is 5.88. The molecule has 0 unspecified atom stereocenters. The summed E-state index contributed by atoms with van der Waals surface area (Å²) in [5.41, 5.74) is 3.89. The number of likely N-dealkylation sites (tertiary alicyclic amines) is 1. The van der Waals surface area contributed by atoms with Crippen LogP contribution in [0.1, 0.15) is 37.8 Å². The number of hydrogen-bond donors (Lipinski definition) is 0. The minimum Gasteiger partial charge on any atom is -0.492 e. The van der Waals surface area contributed by atoms with Gasteiger partial charge in [-0.25, -0.2) is 0 Å². The van der Waals surface area contributed by atoms with Gasteiger partial charge in [-0.2, -0.15) is 0 Å². The van der Waals surface area contributed by atoms with Crippen LogP contribution in [-0.4, -0.2) is 46.9 Å². The van der Waals surface area contributed by atoms with Crippen molar-refractivity contribution in [3.8, 4) is 5.75 Å². The quantitative estimate of drug-likeness (QED) is 0.592. The summed E-state index contributed by atoms with van der Waals surface area (Å²) in [5, 5.41) is 0. The third-order valence-corrected chi connectivity index (χ3v) is 6.41. The van der Waals surface area contributed by atoms with Crippen molar-refractivity contribution in [1.82, 2.24) is 14.9 Å². The zero-order chi connectivity index (χ0) is 21.0. The van der Waals surface area contributed by atoms with Crippen LogP contribution in [0.25, 0.3) is 11.0 Å². The van der Waals surface area contributed by atoms with Gasteiger partial charge < -0.3 is 4.74 Å². The summed E-state index contributed by atoms with van der Waals surface area (Å²) in [6.45, 7) is 7.20. The lowest BCUT2D eigenvalue weighted by molar-refractivity contribution is -0.124. The van der Waals surface area contributed by atoms with Gasteiger partial charge in [0, 0.05) is 25.0 Å². The molecule has 0 amide bonds. The summed E-state index contributed by atoms with van der Waals surface area (Å²) in [6.07, 6.45) is 6.08. The van der Waals surface area contributed by atoms with Gasteiger partial charge in [-0.1, -0.05) is 31.2 Å². The molecule has 0 N–H and O–H groups in total. The Morgan fingerprint density at radius 3 is 2.53 bits per heavy atom. The zero-order valence-electron chi connectivity index (χ0n) is 17.8. The standard InChI is InChI=1S/C25H29N3O2/c1-3-20-6-4-5-7-22(20)25(19(2)29)10-14-28(15-11-25)16-17-30-21-8-9-23-24(18-21)27-13-12-26-23/h4-9,12-13,18H,3,10-11,14-17H2,1-2H3. The Labute approximate surface area is 178 Å². The van der Waals surface area contributed by atoms with E-state index >= 15 is 0 Å². The van der Waals surface area contributed by atoms with Crippen molar-refractivity contribution in [2.45, 2.75) is 38.5 Å². The largest absolute Gasteiger partial charge is 0.492 e. The van der Waals surface area contributed by atoms with Crippen LogP contribution in [0.3, 0.4) is 0 Å². The molecule has 0 aliphatic carbocycles. The number of hydrogen-bond acceptors (Lipinski definition) is 5. The first kappa shape index (κ1) is 20.5. The summed E-state index contributed by atoms with van der Waals surface area (Å²) >= 11 is 0. The average Bonchev–Trinajstić information content (AvgIpc) is 2.79. The molecule has 1 fully saturated rings. The lowest BCUT2D eigenvalue weighted by Crippen LogP contribution is -2.47. The van der Waals surface area contributed by atoms with E-state index in [4.69, 9.17) is 4.74 Å². The molecule has 156 valence electrons. The van der Waals surface area contributed by atoms with Crippen LogP contribution in [0.15, 0.2) is 54.9 Å². The normalized spacial score (nSPS) is 16.5. The highest BCUT2D eigenvalue weighted by Gasteiger charge is 2.41. The van der Waals surface area contributed by atoms with E-state index in [1.165, 1.54) is 11.1 Å². The lowest BCUT2D eigenvalue weighted by atomic mass is 9.68. The third kappa shape index (κ3) is 4.08. The Bertz CT molecular complexity index is 1030. The van der Waals surface area contributed by atoms with Gasteiger partial charge in [0.15, 0.2) is 0 Å². The molecule has 0 atom stereocenters. The molecule has 2 heterocycles. The minimum absolute atomic E-state index is 0.288. The first-order valence-corrected chi connectivity index (χ1v) is 10.8. The second-order valence-corrected chi connectivity index (χ2v) is 8.05. The number of Topliss-reactive ketones (excluding diaryl/α,β-unsaturated/α-hetero) is 1. The molecule has 4 rings (SSSR count). The van der Waals surface area contributed by atoms with E-state index in [2.05, 4.69) is 46.1 Å². The van der Waals surface area contributed by atoms with E-state index in [0.717, 1.165) is 55.7 Å². The fourth-order valence-corrected chi connectivity index (χ4v) is 4.59. The minimum atomic E-state index is -0.346. The number of nitrogens with zero attached hydrogens (tertiary/aromatic N) is 3. The van der Waals surface area contributed by atoms with Crippen LogP contribution in [0.2, 0.25) is 0 Å². The van der Waals surface area contributed by atoms with Crippen molar-refractivity contribution in [2.75, 3.05) is 26.2 Å². The Morgan fingerprint density at radius 2 is 1.80 bits per heavy atom. The van der Waals surface area contributed by atoms with Gasteiger partial charge in [0.05, 0.1) is 16.4 Å². The van der Waals surface area contributed by atoms with Gasteiger partial charge in [0.1, 0.15) is 18.1 Å². The first-order chi connectivity index (χ1) is 14.6. The van der Waals surface area contributed by atoms with E-state index in [0.29, 0.717) is 6.61 Å². The molecule has 2 aromatic carbocycles. The summed E-state index contributed by atoms with van der Waals surface area (Å²) in [6, 6.07) is 14.3. The molecule has 3 aromatic rings. The Balaban J connectivity index is 1.36. The Kier molecular flexibility index (Phi) is 6.09. The van der Waals surface area contributed by atoms with Crippen molar-refractivity contribution in [3.05, 3.63) is 66.0 Å². The highest BCUT2D eigenvalue weighted by atomic mass is 16.5. The summed E-state index contributed by atoms with van der Waals surface area (Å²) in [5.74, 6) is 1.10. The zero-order valence-corrected chi connectivity index (χ0v) is 17.8. The molecule has 1 aliphatic heterocycles. The average molecular weight is 404 g/mol. The van der Waals surface area contributed by atoms with E-state index in [1.807, 2.05) is 18.2 Å². The lowest BCUT2D eigenvalue weighted by Gasteiger charge is -2.41. The Morgan fingerprint density at radius 1 is 1.07 bits per heavy atom. The molecular weight excluding hydrogens is 374 g/mol. The fraction of sp³-hybridized carbons (Fsp3) is 0.400. The van der Waals surface area contributed by atoms with E-state index in [9.17, 15) is 4.79 Å². The van der Waals surface area contributed by atoms with Crippen LogP contribution in [0, 0.1) is 0 Å². The second-order valence-electron chi connectivity index (χ2n) is 8.05. The molecule has 5 nitrogen and oxygen atoms in total. The maximum atomic E-state index is 12.7. The molecule has 0 radical (unpaired) electrons. The number of aromatic nitrogens is 2. The molecule has 0 spiro atoms. The number of aryl methyl sites for hydroxylation is 1. The fourth-order valence-electron chi connectivity index (χ4n) is 4.59. The molecule has 1 aliphatic rings. The molecule has 0 bridgehead atoms. The van der Waals surface area contributed by atoms with Gasteiger partial charge in [0.25, 0.3) is 0 Å². The van der Waals surface area contributed by atoms with Gasteiger partial charge in [-0.15, -0.1) is 0 Å². The summed E-state index contributed by atoms with van der Waals surface area (Å²) < 4.78 is 5.96. The third-order valence-electron chi connectivity index (χ3n) is 6.41. The molecule has 5 heteroatoms. The van der Waals surface area contributed by atoms with Gasteiger partial charge in [-0.05, 0) is 62.5 Å². The number of fused-ring (bicyclic) bond motifs is 1. The number of ketones is 1. The van der Waals surface area contributed by atoms with Crippen molar-refractivity contribution < 1.29 is 9.53 Å². The van der Waals surface area contributed by atoms with Crippen LogP contribution in [-0.2, 0) is 16.6 Å². The predicted molar refractivity (Wildman–Crippen MR) is 119 cm³/mol. The van der Waals surface area contributed by atoms with Gasteiger partial charge >= 0.3 is 0 Å². The maximum Gasteiger partial charge on any atom is 0.140 e. The van der Waals surface area contributed by atoms with Crippen molar-refractivity contribution >= 4 is 16.8 Å². The Hall–Kier alpha value is -2.79. The molecule has 0 saturated carbocycles. The molecular formula is C25H29N3O2. The number of carbonyl (C=O) groups is 1. The van der Waals surface area contributed by atoms with Gasteiger partial charge in [0.2, 0.25) is 0 Å². The van der Waals surface area contributed by atoms with Crippen LogP contribution >= 0.6 is 0 Å². The van der Waals surface area contributed by atoms with E-state index in [-0.39, 0.29) is 11.2 Å². The van der Waals surface area contributed by atoms with Crippen molar-refractivity contribution in [1.29, 1.82) is 0 Å². The predicted octanol–water partition coefficient (Wildman–Crippen LogP) is 4.19. The molecule has 1 saturated heterocycles. The first-order valence-electron chi connectivity index (χ1n) is 10.8. The number of carbonyl (C=O) groups excluding carboxylic acids is 1. The topological polar surface area (TPSA) is 55.3 Å². The van der Waals surface area contributed by atoms with Crippen LogP contribution in [0.5, 0.6) is 5.75 Å². The summed E-state index contributed by atoms with van der Waals surface area (Å²) in [7, 11) is 0. The number of piperidine rings is 1. The SMILES string of the molecule is CCc1ccccc1C1(C(C)=O)CCN(CCOc2ccc3nccnc3c2)CC1. The maximum absolute atomic E-state index is 12.7. The number of rotatable bonds is 7. The smallest absolute Gasteiger partial charge is 0.140 e. The number of ether oxygens (including phenoxy) is 1. The van der Waals surface area contributed by atoms with Crippen LogP contribution < -0.4 is 4.74 Å². The van der Waals surface area contributed by atoms with Crippen molar-refractivity contribution in [2.24, 2.45) is 0 Å². The van der Waals surface area contributed by atoms with Crippen LogP contribution in [0.4, 0.5) is 0 Å². The molecule has 30 heavy (non-hydrogen) atoms. The second kappa shape index (κ2) is 8.92. The van der Waals surface area contributed by atoms with Gasteiger partial charge in [-0.3, -0.25) is 19.7 Å². The summed E-state index contributed by atoms with van der Waals surface area (Å²) in [4.78, 5) is 23.8. The number of benzene rings is 2. The monoisotopic (exact) mass is 403 g/mol. The van der Waals surface area contributed by atoms with E-state index < -0.39 is 0 Å². The van der Waals surface area contributed by atoms with E-state index in [1.54, 1.807) is 19.3 Å².